The SMILES string of the molecule is COc1ccc(C2([N+](=O)[O-])CCCC2)cc1. The Hall–Kier alpha value is -1.58. The van der Waals surface area contributed by atoms with Crippen LogP contribution in [0.2, 0.25) is 0 Å². The van der Waals surface area contributed by atoms with E-state index in [9.17, 15) is 10.1 Å². The van der Waals surface area contributed by atoms with Crippen LogP contribution in [0.4, 0.5) is 0 Å². The average Bonchev–Trinajstić information content (AvgIpc) is 2.79. The predicted octanol–water partition coefficient (Wildman–Crippen LogP) is 2.74. The van der Waals surface area contributed by atoms with Gasteiger partial charge in [0.05, 0.1) is 7.11 Å². The minimum absolute atomic E-state index is 0.123. The number of benzene rings is 1. The summed E-state index contributed by atoms with van der Waals surface area (Å²) in [4.78, 5) is 11.1. The van der Waals surface area contributed by atoms with Gasteiger partial charge < -0.3 is 4.74 Å². The van der Waals surface area contributed by atoms with Crippen molar-refractivity contribution in [1.29, 1.82) is 0 Å². The van der Waals surface area contributed by atoms with E-state index in [2.05, 4.69) is 0 Å². The molecule has 4 heteroatoms. The molecule has 4 nitrogen and oxygen atoms in total. The van der Waals surface area contributed by atoms with Gasteiger partial charge in [-0.25, -0.2) is 0 Å². The monoisotopic (exact) mass is 221 g/mol. The highest BCUT2D eigenvalue weighted by atomic mass is 16.6. The second-order valence-electron chi connectivity index (χ2n) is 4.22. The molecule has 1 aliphatic rings. The summed E-state index contributed by atoms with van der Waals surface area (Å²) in [5.41, 5.74) is -0.0532. The van der Waals surface area contributed by atoms with Crippen molar-refractivity contribution in [2.45, 2.75) is 31.2 Å². The van der Waals surface area contributed by atoms with Gasteiger partial charge in [0.25, 0.3) is 0 Å². The second kappa shape index (κ2) is 4.12. The van der Waals surface area contributed by atoms with Crippen molar-refractivity contribution < 1.29 is 9.66 Å². The molecule has 1 aromatic carbocycles. The fourth-order valence-electron chi connectivity index (χ4n) is 2.44. The Morgan fingerprint density at radius 1 is 1.25 bits per heavy atom. The van der Waals surface area contributed by atoms with Crippen LogP contribution in [0.3, 0.4) is 0 Å². The molecule has 1 saturated carbocycles. The molecule has 2 rings (SSSR count). The molecule has 1 aromatic rings. The molecule has 0 heterocycles. The molecule has 0 amide bonds. The summed E-state index contributed by atoms with van der Waals surface area (Å²) in [6, 6.07) is 7.21. The van der Waals surface area contributed by atoms with Crippen LogP contribution in [-0.2, 0) is 5.54 Å². The number of hydrogen-bond donors (Lipinski definition) is 0. The topological polar surface area (TPSA) is 52.4 Å². The number of hydrogen-bond acceptors (Lipinski definition) is 3. The van der Waals surface area contributed by atoms with Crippen molar-refractivity contribution in [1.82, 2.24) is 0 Å². The summed E-state index contributed by atoms with van der Waals surface area (Å²) in [7, 11) is 1.59. The summed E-state index contributed by atoms with van der Waals surface area (Å²) in [6.07, 6.45) is 3.17. The number of methoxy groups -OCH3 is 1. The van der Waals surface area contributed by atoms with E-state index in [0.717, 1.165) is 24.2 Å². The third-order valence-electron chi connectivity index (χ3n) is 3.41. The van der Waals surface area contributed by atoms with Gasteiger partial charge in [-0.15, -0.1) is 0 Å². The smallest absolute Gasteiger partial charge is 0.247 e. The first-order valence-corrected chi connectivity index (χ1v) is 5.48. The fourth-order valence-corrected chi connectivity index (χ4v) is 2.44. The zero-order valence-corrected chi connectivity index (χ0v) is 9.31. The molecule has 0 unspecified atom stereocenters. The van der Waals surface area contributed by atoms with Gasteiger partial charge in [-0.3, -0.25) is 10.1 Å². The maximum atomic E-state index is 11.3. The number of ether oxygens (including phenoxy) is 1. The predicted molar refractivity (Wildman–Crippen MR) is 60.1 cm³/mol. The van der Waals surface area contributed by atoms with Gasteiger partial charge in [0, 0.05) is 23.3 Å². The second-order valence-corrected chi connectivity index (χ2v) is 4.22. The van der Waals surface area contributed by atoms with Crippen molar-refractivity contribution in [3.8, 4) is 5.75 Å². The third kappa shape index (κ3) is 1.64. The van der Waals surface area contributed by atoms with Gasteiger partial charge in [-0.1, -0.05) is 0 Å². The first-order valence-electron chi connectivity index (χ1n) is 5.48. The van der Waals surface area contributed by atoms with Gasteiger partial charge in [0.2, 0.25) is 5.54 Å². The van der Waals surface area contributed by atoms with Gasteiger partial charge in [-0.05, 0) is 37.1 Å². The highest BCUT2D eigenvalue weighted by Crippen LogP contribution is 2.41. The highest BCUT2D eigenvalue weighted by molar-refractivity contribution is 5.31. The van der Waals surface area contributed by atoms with Crippen molar-refractivity contribution in [2.75, 3.05) is 7.11 Å². The molecular weight excluding hydrogens is 206 g/mol. The minimum atomic E-state index is -0.855. The summed E-state index contributed by atoms with van der Waals surface area (Å²) < 4.78 is 5.06. The number of rotatable bonds is 3. The van der Waals surface area contributed by atoms with Gasteiger partial charge in [-0.2, -0.15) is 0 Å². The van der Waals surface area contributed by atoms with E-state index < -0.39 is 5.54 Å². The molecule has 86 valence electrons. The van der Waals surface area contributed by atoms with Crippen LogP contribution in [-0.4, -0.2) is 12.0 Å². The molecule has 0 bridgehead atoms. The Morgan fingerprint density at radius 2 is 1.81 bits per heavy atom. The van der Waals surface area contributed by atoms with E-state index in [1.165, 1.54) is 0 Å². The van der Waals surface area contributed by atoms with Crippen molar-refractivity contribution >= 4 is 0 Å². The molecule has 0 radical (unpaired) electrons. The number of nitrogens with zero attached hydrogens (tertiary/aromatic N) is 1. The molecule has 0 aromatic heterocycles. The quantitative estimate of drug-likeness (QED) is 0.582. The molecule has 1 fully saturated rings. The fraction of sp³-hybridized carbons (Fsp3) is 0.500. The summed E-state index contributed by atoms with van der Waals surface area (Å²) >= 11 is 0. The van der Waals surface area contributed by atoms with Crippen LogP contribution in [0.1, 0.15) is 31.2 Å². The highest BCUT2D eigenvalue weighted by Gasteiger charge is 2.47. The van der Waals surface area contributed by atoms with E-state index in [1.807, 2.05) is 12.1 Å². The Morgan fingerprint density at radius 3 is 2.25 bits per heavy atom. The lowest BCUT2D eigenvalue weighted by atomic mass is 9.89. The molecular formula is C12H15NO3. The molecule has 0 atom stereocenters. The van der Waals surface area contributed by atoms with Crippen LogP contribution < -0.4 is 4.74 Å². The Bertz CT molecular complexity index is 380. The maximum Gasteiger partial charge on any atom is 0.247 e. The lowest BCUT2D eigenvalue weighted by Crippen LogP contribution is -2.31. The standard InChI is InChI=1S/C12H15NO3/c1-16-11-6-4-10(5-7-11)12(13(14)15)8-2-3-9-12/h4-7H,2-3,8-9H2,1H3. The van der Waals surface area contributed by atoms with E-state index in [-0.39, 0.29) is 4.92 Å². The van der Waals surface area contributed by atoms with Gasteiger partial charge >= 0.3 is 0 Å². The van der Waals surface area contributed by atoms with Gasteiger partial charge in [0.15, 0.2) is 0 Å². The van der Waals surface area contributed by atoms with Crippen molar-refractivity contribution in [3.05, 3.63) is 39.9 Å². The molecule has 0 aliphatic heterocycles. The summed E-state index contributed by atoms with van der Waals surface area (Å²) in [5, 5.41) is 11.3. The van der Waals surface area contributed by atoms with Crippen molar-refractivity contribution in [2.24, 2.45) is 0 Å². The molecule has 0 spiro atoms. The largest absolute Gasteiger partial charge is 0.497 e. The van der Waals surface area contributed by atoms with E-state index in [0.29, 0.717) is 12.8 Å². The van der Waals surface area contributed by atoms with Crippen LogP contribution >= 0.6 is 0 Å². The molecule has 0 N–H and O–H groups in total. The normalized spacial score (nSPS) is 18.3. The maximum absolute atomic E-state index is 11.3. The summed E-state index contributed by atoms with van der Waals surface area (Å²) in [5.74, 6) is 0.736. The Balaban J connectivity index is 2.36. The zero-order chi connectivity index (χ0) is 11.6. The molecule has 16 heavy (non-hydrogen) atoms. The zero-order valence-electron chi connectivity index (χ0n) is 9.31. The van der Waals surface area contributed by atoms with Crippen LogP contribution in [0.5, 0.6) is 5.75 Å². The van der Waals surface area contributed by atoms with Crippen molar-refractivity contribution in [3.63, 3.8) is 0 Å². The van der Waals surface area contributed by atoms with Crippen LogP contribution in [0, 0.1) is 10.1 Å². The molecule has 1 aliphatic carbocycles. The van der Waals surface area contributed by atoms with E-state index in [1.54, 1.807) is 19.2 Å². The average molecular weight is 221 g/mol. The summed E-state index contributed by atoms with van der Waals surface area (Å²) in [6.45, 7) is 0. The van der Waals surface area contributed by atoms with E-state index in [4.69, 9.17) is 4.74 Å². The Kier molecular flexibility index (Phi) is 2.81. The Labute approximate surface area is 94.4 Å². The first kappa shape index (κ1) is 10.9. The lowest BCUT2D eigenvalue weighted by molar-refractivity contribution is -0.578. The first-order chi connectivity index (χ1) is 7.69. The van der Waals surface area contributed by atoms with Crippen LogP contribution in [0.15, 0.2) is 24.3 Å². The molecule has 0 saturated heterocycles. The minimum Gasteiger partial charge on any atom is -0.497 e. The van der Waals surface area contributed by atoms with Gasteiger partial charge in [0.1, 0.15) is 5.75 Å². The number of nitro groups is 1. The van der Waals surface area contributed by atoms with Crippen LogP contribution in [0.25, 0.3) is 0 Å². The third-order valence-corrected chi connectivity index (χ3v) is 3.41. The lowest BCUT2D eigenvalue weighted by Gasteiger charge is -2.20. The van der Waals surface area contributed by atoms with E-state index >= 15 is 0 Å².